The number of carbonyl (C=O) groups is 1. The molecule has 1 saturated heterocycles. The average molecular weight is 469 g/mol. The Morgan fingerprint density at radius 1 is 1.06 bits per heavy atom. The summed E-state index contributed by atoms with van der Waals surface area (Å²) in [6.45, 7) is -1.48. The molecule has 1 aliphatic rings. The van der Waals surface area contributed by atoms with E-state index in [1.54, 1.807) is 6.07 Å². The summed E-state index contributed by atoms with van der Waals surface area (Å²) in [5, 5.41) is 0. The molecule has 0 spiro atoms. The third-order valence-corrected chi connectivity index (χ3v) is 6.99. The third kappa shape index (κ3) is 5.74. The molecule has 0 atom stereocenters. The molecule has 3 rings (SSSR count). The average Bonchev–Trinajstić information content (AvgIpc) is 2.78. The zero-order chi connectivity index (χ0) is 23.3. The predicted molar refractivity (Wildman–Crippen MR) is 116 cm³/mol. The van der Waals surface area contributed by atoms with Crippen molar-refractivity contribution in [2.45, 2.75) is 37.4 Å². The van der Waals surface area contributed by atoms with Gasteiger partial charge >= 0.3 is 12.6 Å². The number of hydrogen-bond donors (Lipinski definition) is 0. The van der Waals surface area contributed by atoms with Gasteiger partial charge in [0.2, 0.25) is 10.0 Å². The van der Waals surface area contributed by atoms with Crippen LogP contribution in [0.25, 0.3) is 0 Å². The van der Waals surface area contributed by atoms with Gasteiger partial charge in [-0.2, -0.15) is 8.78 Å². The molecule has 0 amide bonds. The minimum absolute atomic E-state index is 0.00344. The van der Waals surface area contributed by atoms with Crippen molar-refractivity contribution in [1.82, 2.24) is 4.31 Å². The van der Waals surface area contributed by atoms with Crippen molar-refractivity contribution in [3.63, 3.8) is 0 Å². The van der Waals surface area contributed by atoms with Crippen LogP contribution in [0.5, 0.6) is 5.75 Å². The highest BCUT2D eigenvalue weighted by Crippen LogP contribution is 2.29. The number of carbonyl (C=O) groups excluding carboxylic acids is 1. The molecular formula is C22H26F2N2O5S. The molecule has 0 unspecified atom stereocenters. The summed E-state index contributed by atoms with van der Waals surface area (Å²) in [6.07, 6.45) is 3.08. The largest absolute Gasteiger partial charge is 0.457 e. The van der Waals surface area contributed by atoms with Crippen molar-refractivity contribution in [3.8, 4) is 5.75 Å². The van der Waals surface area contributed by atoms with Crippen molar-refractivity contribution >= 4 is 21.7 Å². The molecule has 1 heterocycles. The Kier molecular flexibility index (Phi) is 7.68. The van der Waals surface area contributed by atoms with Gasteiger partial charge in [-0.1, -0.05) is 12.1 Å². The molecule has 1 aliphatic heterocycles. The summed E-state index contributed by atoms with van der Waals surface area (Å²) >= 11 is 0. The topological polar surface area (TPSA) is 76.2 Å². The lowest BCUT2D eigenvalue weighted by molar-refractivity contribution is -0.0498. The van der Waals surface area contributed by atoms with Gasteiger partial charge in [-0.25, -0.2) is 17.5 Å². The van der Waals surface area contributed by atoms with Gasteiger partial charge < -0.3 is 14.4 Å². The number of ether oxygens (including phenoxy) is 2. The summed E-state index contributed by atoms with van der Waals surface area (Å²) in [7, 11) is -0.883. The molecule has 32 heavy (non-hydrogen) atoms. The second kappa shape index (κ2) is 10.3. The SMILES string of the molecule is CN(C)S(=O)(=O)c1ccc(N2CCCCC2)c(C(=O)OCc2ccc(OC(F)F)cc2)c1. The second-order valence-electron chi connectivity index (χ2n) is 7.61. The van der Waals surface area contributed by atoms with Crippen LogP contribution in [0.3, 0.4) is 0 Å². The standard InChI is InChI=1S/C22H26F2N2O5S/c1-25(2)32(28,29)18-10-11-20(26-12-4-3-5-13-26)19(14-18)21(27)30-15-16-6-8-17(9-7-16)31-22(23)24/h6-11,14,22H,3-5,12-13,15H2,1-2H3. The molecule has 1 fully saturated rings. The maximum atomic E-state index is 13.0. The van der Waals surface area contributed by atoms with Crippen LogP contribution in [0.4, 0.5) is 14.5 Å². The van der Waals surface area contributed by atoms with Gasteiger partial charge in [0.25, 0.3) is 0 Å². The van der Waals surface area contributed by atoms with Gasteiger partial charge in [-0.05, 0) is 55.2 Å². The van der Waals surface area contributed by atoms with Crippen molar-refractivity contribution < 1.29 is 31.5 Å². The molecule has 0 radical (unpaired) electrons. The predicted octanol–water partition coefficient (Wildman–Crippen LogP) is 3.89. The van der Waals surface area contributed by atoms with E-state index < -0.39 is 22.6 Å². The Bertz CT molecular complexity index is 1040. The van der Waals surface area contributed by atoms with Crippen molar-refractivity contribution in [3.05, 3.63) is 53.6 Å². The number of nitrogens with zero attached hydrogens (tertiary/aromatic N) is 2. The Labute approximate surface area is 186 Å². The molecular weight excluding hydrogens is 442 g/mol. The van der Waals surface area contributed by atoms with E-state index in [-0.39, 0.29) is 22.8 Å². The van der Waals surface area contributed by atoms with E-state index in [0.717, 1.165) is 36.7 Å². The summed E-state index contributed by atoms with van der Waals surface area (Å²) in [5.74, 6) is -0.654. The molecule has 0 aliphatic carbocycles. The Balaban J connectivity index is 1.83. The van der Waals surface area contributed by atoms with Crippen LogP contribution in [0, 0.1) is 0 Å². The normalized spacial score (nSPS) is 14.6. The van der Waals surface area contributed by atoms with E-state index in [0.29, 0.717) is 11.3 Å². The van der Waals surface area contributed by atoms with Crippen LogP contribution in [-0.2, 0) is 21.4 Å². The van der Waals surface area contributed by atoms with Gasteiger partial charge in [0.05, 0.1) is 16.1 Å². The van der Waals surface area contributed by atoms with Crippen LogP contribution in [0.15, 0.2) is 47.4 Å². The minimum Gasteiger partial charge on any atom is -0.457 e. The number of esters is 1. The van der Waals surface area contributed by atoms with Crippen LogP contribution >= 0.6 is 0 Å². The van der Waals surface area contributed by atoms with Gasteiger partial charge in [0.15, 0.2) is 0 Å². The fourth-order valence-electron chi connectivity index (χ4n) is 3.45. The number of benzene rings is 2. The van der Waals surface area contributed by atoms with Gasteiger partial charge in [0.1, 0.15) is 12.4 Å². The maximum Gasteiger partial charge on any atom is 0.387 e. The quantitative estimate of drug-likeness (QED) is 0.548. The van der Waals surface area contributed by atoms with Gasteiger partial charge in [-0.3, -0.25) is 0 Å². The summed E-state index contributed by atoms with van der Waals surface area (Å²) in [5.41, 5.74) is 1.39. The summed E-state index contributed by atoms with van der Waals surface area (Å²) < 4.78 is 60.5. The molecule has 174 valence electrons. The zero-order valence-electron chi connectivity index (χ0n) is 18.0. The number of alkyl halides is 2. The lowest BCUT2D eigenvalue weighted by Gasteiger charge is -2.30. The Morgan fingerprint density at radius 3 is 2.31 bits per heavy atom. The lowest BCUT2D eigenvalue weighted by Crippen LogP contribution is -2.31. The van der Waals surface area contributed by atoms with E-state index in [1.807, 2.05) is 0 Å². The smallest absolute Gasteiger partial charge is 0.387 e. The summed E-state index contributed by atoms with van der Waals surface area (Å²) in [4.78, 5) is 15.0. The lowest BCUT2D eigenvalue weighted by atomic mass is 10.1. The van der Waals surface area contributed by atoms with E-state index in [9.17, 15) is 22.0 Å². The fraction of sp³-hybridized carbons (Fsp3) is 0.409. The van der Waals surface area contributed by atoms with Crippen LogP contribution in [-0.4, -0.2) is 52.5 Å². The monoisotopic (exact) mass is 468 g/mol. The van der Waals surface area contributed by atoms with E-state index in [2.05, 4.69) is 9.64 Å². The van der Waals surface area contributed by atoms with Gasteiger partial charge in [-0.15, -0.1) is 0 Å². The van der Waals surface area contributed by atoms with Crippen LogP contribution in [0.2, 0.25) is 0 Å². The number of rotatable bonds is 8. The van der Waals surface area contributed by atoms with Gasteiger partial charge in [0, 0.05) is 27.2 Å². The first-order valence-corrected chi connectivity index (χ1v) is 11.6. The summed E-state index contributed by atoms with van der Waals surface area (Å²) in [6, 6.07) is 10.2. The number of halogens is 2. The fourth-order valence-corrected chi connectivity index (χ4v) is 4.38. The van der Waals surface area contributed by atoms with E-state index in [1.165, 1.54) is 50.5 Å². The first kappa shape index (κ1) is 23.9. The molecule has 0 bridgehead atoms. The highest BCUT2D eigenvalue weighted by molar-refractivity contribution is 7.89. The third-order valence-electron chi connectivity index (χ3n) is 5.18. The van der Waals surface area contributed by atoms with Crippen molar-refractivity contribution in [2.24, 2.45) is 0 Å². The molecule has 2 aromatic carbocycles. The van der Waals surface area contributed by atoms with Crippen LogP contribution < -0.4 is 9.64 Å². The molecule has 0 saturated carbocycles. The van der Waals surface area contributed by atoms with Crippen molar-refractivity contribution in [2.75, 3.05) is 32.1 Å². The Morgan fingerprint density at radius 2 is 1.72 bits per heavy atom. The van der Waals surface area contributed by atoms with Crippen LogP contribution in [0.1, 0.15) is 35.2 Å². The molecule has 0 aromatic heterocycles. The number of sulfonamides is 1. The molecule has 7 nitrogen and oxygen atoms in total. The van der Waals surface area contributed by atoms with E-state index in [4.69, 9.17) is 4.74 Å². The minimum atomic E-state index is -3.73. The highest BCUT2D eigenvalue weighted by atomic mass is 32.2. The maximum absolute atomic E-state index is 13.0. The number of piperidine rings is 1. The van der Waals surface area contributed by atoms with Crippen molar-refractivity contribution in [1.29, 1.82) is 0 Å². The molecule has 2 aromatic rings. The zero-order valence-corrected chi connectivity index (χ0v) is 18.8. The van der Waals surface area contributed by atoms with E-state index >= 15 is 0 Å². The first-order valence-electron chi connectivity index (χ1n) is 10.2. The molecule has 10 heteroatoms. The second-order valence-corrected chi connectivity index (χ2v) is 9.76. The number of hydrogen-bond acceptors (Lipinski definition) is 6. The first-order chi connectivity index (χ1) is 15.2. The molecule has 0 N–H and O–H groups in total. The Hall–Kier alpha value is -2.72. The highest BCUT2D eigenvalue weighted by Gasteiger charge is 2.25. The number of anilines is 1.